The molecule has 0 unspecified atom stereocenters. The van der Waals surface area contributed by atoms with E-state index >= 15 is 0 Å². The van der Waals surface area contributed by atoms with Gasteiger partial charge in [-0.3, -0.25) is 4.79 Å². The Morgan fingerprint density at radius 2 is 1.59 bits per heavy atom. The SMILES string of the molecule is Cc1cc(C)cc(Nc2nc(-c3ccccc3)cc(N3CCN(C=O)CC3)n2)c1. The quantitative estimate of drug-likeness (QED) is 0.675. The molecule has 2 heterocycles. The van der Waals surface area contributed by atoms with Crippen molar-refractivity contribution in [3.8, 4) is 11.3 Å². The number of nitrogens with one attached hydrogen (secondary N) is 1. The van der Waals surface area contributed by atoms with Crippen molar-refractivity contribution < 1.29 is 4.79 Å². The maximum Gasteiger partial charge on any atom is 0.229 e. The van der Waals surface area contributed by atoms with Crippen LogP contribution in [0.2, 0.25) is 0 Å². The molecule has 0 spiro atoms. The minimum absolute atomic E-state index is 0.573. The van der Waals surface area contributed by atoms with Crippen LogP contribution in [0.25, 0.3) is 11.3 Å². The zero-order valence-corrected chi connectivity index (χ0v) is 16.8. The van der Waals surface area contributed by atoms with Crippen LogP contribution in [0.15, 0.2) is 54.6 Å². The summed E-state index contributed by atoms with van der Waals surface area (Å²) in [4.78, 5) is 24.6. The fourth-order valence-electron chi connectivity index (χ4n) is 3.64. The molecule has 148 valence electrons. The molecule has 6 nitrogen and oxygen atoms in total. The number of rotatable bonds is 5. The van der Waals surface area contributed by atoms with Crippen molar-refractivity contribution in [2.75, 3.05) is 36.4 Å². The topological polar surface area (TPSA) is 61.4 Å². The monoisotopic (exact) mass is 387 g/mol. The van der Waals surface area contributed by atoms with E-state index in [0.29, 0.717) is 19.0 Å². The van der Waals surface area contributed by atoms with E-state index in [0.717, 1.165) is 42.3 Å². The van der Waals surface area contributed by atoms with E-state index in [4.69, 9.17) is 9.97 Å². The van der Waals surface area contributed by atoms with Gasteiger partial charge < -0.3 is 15.1 Å². The summed E-state index contributed by atoms with van der Waals surface area (Å²) < 4.78 is 0. The Hall–Kier alpha value is -3.41. The van der Waals surface area contributed by atoms with Crippen molar-refractivity contribution in [2.45, 2.75) is 13.8 Å². The first-order valence-corrected chi connectivity index (χ1v) is 9.85. The van der Waals surface area contributed by atoms with E-state index in [1.807, 2.05) is 24.3 Å². The summed E-state index contributed by atoms with van der Waals surface area (Å²) in [6.45, 7) is 7.08. The van der Waals surface area contributed by atoms with Crippen molar-refractivity contribution in [3.63, 3.8) is 0 Å². The van der Waals surface area contributed by atoms with E-state index in [1.54, 1.807) is 4.90 Å². The molecule has 0 saturated carbocycles. The number of nitrogens with zero attached hydrogens (tertiary/aromatic N) is 4. The minimum atomic E-state index is 0.573. The molecule has 4 rings (SSSR count). The van der Waals surface area contributed by atoms with Crippen LogP contribution in [0.1, 0.15) is 11.1 Å². The first kappa shape index (κ1) is 18.9. The van der Waals surface area contributed by atoms with Crippen molar-refractivity contribution >= 4 is 23.9 Å². The van der Waals surface area contributed by atoms with Gasteiger partial charge in [0.1, 0.15) is 5.82 Å². The summed E-state index contributed by atoms with van der Waals surface area (Å²) in [6, 6.07) is 18.5. The second-order valence-electron chi connectivity index (χ2n) is 7.43. The molecule has 1 aliphatic rings. The highest BCUT2D eigenvalue weighted by molar-refractivity contribution is 5.67. The van der Waals surface area contributed by atoms with Gasteiger partial charge in [-0.05, 0) is 37.1 Å². The Bertz CT molecular complexity index is 977. The molecule has 0 bridgehead atoms. The lowest BCUT2D eigenvalue weighted by Crippen LogP contribution is -2.46. The number of hydrogen-bond donors (Lipinski definition) is 1. The van der Waals surface area contributed by atoms with Crippen LogP contribution >= 0.6 is 0 Å². The Balaban J connectivity index is 1.69. The van der Waals surface area contributed by atoms with E-state index in [2.05, 4.69) is 54.4 Å². The van der Waals surface area contributed by atoms with Crippen LogP contribution < -0.4 is 10.2 Å². The van der Waals surface area contributed by atoms with Gasteiger partial charge >= 0.3 is 0 Å². The molecule has 2 aromatic carbocycles. The third-order valence-electron chi connectivity index (χ3n) is 5.05. The molecule has 0 atom stereocenters. The Labute approximate surface area is 171 Å². The van der Waals surface area contributed by atoms with E-state index in [1.165, 1.54) is 11.1 Å². The van der Waals surface area contributed by atoms with Crippen molar-refractivity contribution in [1.82, 2.24) is 14.9 Å². The van der Waals surface area contributed by atoms with E-state index < -0.39 is 0 Å². The highest BCUT2D eigenvalue weighted by Gasteiger charge is 2.19. The molecule has 1 amide bonds. The highest BCUT2D eigenvalue weighted by atomic mass is 16.1. The standard InChI is InChI=1S/C23H25N5O/c1-17-12-18(2)14-20(13-17)24-23-25-21(19-6-4-3-5-7-19)15-22(26-23)28-10-8-27(16-29)9-11-28/h3-7,12-16H,8-11H2,1-2H3,(H,24,25,26). The molecule has 1 aromatic heterocycles. The van der Waals surface area contributed by atoms with Gasteiger partial charge in [0.05, 0.1) is 5.69 Å². The van der Waals surface area contributed by atoms with Crippen LogP contribution in [0.5, 0.6) is 0 Å². The molecule has 0 radical (unpaired) electrons. The molecule has 1 aliphatic heterocycles. The van der Waals surface area contributed by atoms with Crippen LogP contribution in [0.3, 0.4) is 0 Å². The van der Waals surface area contributed by atoms with Crippen molar-refractivity contribution in [2.24, 2.45) is 0 Å². The molecule has 6 heteroatoms. The van der Waals surface area contributed by atoms with Gasteiger partial charge in [-0.1, -0.05) is 36.4 Å². The molecular weight excluding hydrogens is 362 g/mol. The fraction of sp³-hybridized carbons (Fsp3) is 0.261. The molecule has 1 saturated heterocycles. The van der Waals surface area contributed by atoms with Gasteiger partial charge in [0, 0.05) is 43.5 Å². The van der Waals surface area contributed by atoms with Crippen molar-refractivity contribution in [1.29, 1.82) is 0 Å². The largest absolute Gasteiger partial charge is 0.353 e. The third kappa shape index (κ3) is 4.54. The number of anilines is 3. The first-order chi connectivity index (χ1) is 14.1. The van der Waals surface area contributed by atoms with Crippen LogP contribution in [-0.4, -0.2) is 47.5 Å². The minimum Gasteiger partial charge on any atom is -0.353 e. The summed E-state index contributed by atoms with van der Waals surface area (Å²) in [5, 5.41) is 3.38. The van der Waals surface area contributed by atoms with E-state index in [-0.39, 0.29) is 0 Å². The average molecular weight is 387 g/mol. The number of carbonyl (C=O) groups is 1. The number of carbonyl (C=O) groups excluding carboxylic acids is 1. The second kappa shape index (κ2) is 8.31. The summed E-state index contributed by atoms with van der Waals surface area (Å²) in [5.41, 5.74) is 5.28. The molecule has 1 fully saturated rings. The van der Waals surface area contributed by atoms with Crippen LogP contribution in [-0.2, 0) is 4.79 Å². The normalized spacial score (nSPS) is 14.0. The number of hydrogen-bond acceptors (Lipinski definition) is 5. The highest BCUT2D eigenvalue weighted by Crippen LogP contribution is 2.26. The van der Waals surface area contributed by atoms with Crippen molar-refractivity contribution in [3.05, 3.63) is 65.7 Å². The maximum atomic E-state index is 11.0. The first-order valence-electron chi connectivity index (χ1n) is 9.85. The van der Waals surface area contributed by atoms with Crippen LogP contribution in [0, 0.1) is 13.8 Å². The third-order valence-corrected chi connectivity index (χ3v) is 5.05. The predicted octanol–water partition coefficient (Wildman–Crippen LogP) is 3.78. The summed E-state index contributed by atoms with van der Waals surface area (Å²) in [7, 11) is 0. The molecule has 1 N–H and O–H groups in total. The molecule has 3 aromatic rings. The summed E-state index contributed by atoms with van der Waals surface area (Å²) in [6.07, 6.45) is 0.916. The number of aromatic nitrogens is 2. The van der Waals surface area contributed by atoms with Gasteiger partial charge in [-0.15, -0.1) is 0 Å². The average Bonchev–Trinajstić information content (AvgIpc) is 2.73. The fourth-order valence-corrected chi connectivity index (χ4v) is 3.64. The van der Waals surface area contributed by atoms with Gasteiger partial charge in [-0.25, -0.2) is 4.98 Å². The van der Waals surface area contributed by atoms with Gasteiger partial charge in [0.25, 0.3) is 0 Å². The Morgan fingerprint density at radius 3 is 2.24 bits per heavy atom. The summed E-state index contributed by atoms with van der Waals surface area (Å²) in [5.74, 6) is 1.44. The Morgan fingerprint density at radius 1 is 0.897 bits per heavy atom. The smallest absolute Gasteiger partial charge is 0.229 e. The lowest BCUT2D eigenvalue weighted by atomic mass is 10.1. The Kier molecular flexibility index (Phi) is 5.42. The van der Waals surface area contributed by atoms with Crippen LogP contribution in [0.4, 0.5) is 17.5 Å². The van der Waals surface area contributed by atoms with Gasteiger partial charge in [0.2, 0.25) is 12.4 Å². The van der Waals surface area contributed by atoms with E-state index in [9.17, 15) is 4.79 Å². The van der Waals surface area contributed by atoms with Gasteiger partial charge in [0.15, 0.2) is 0 Å². The number of amides is 1. The zero-order chi connectivity index (χ0) is 20.2. The molecular formula is C23H25N5O. The lowest BCUT2D eigenvalue weighted by Gasteiger charge is -2.33. The number of piperazine rings is 1. The number of benzene rings is 2. The molecule has 0 aliphatic carbocycles. The zero-order valence-electron chi connectivity index (χ0n) is 16.8. The lowest BCUT2D eigenvalue weighted by molar-refractivity contribution is -0.118. The maximum absolute atomic E-state index is 11.0. The second-order valence-corrected chi connectivity index (χ2v) is 7.43. The van der Waals surface area contributed by atoms with Gasteiger partial charge in [-0.2, -0.15) is 4.98 Å². The summed E-state index contributed by atoms with van der Waals surface area (Å²) >= 11 is 0. The predicted molar refractivity (Wildman–Crippen MR) is 117 cm³/mol. The molecule has 29 heavy (non-hydrogen) atoms. The number of aryl methyl sites for hydroxylation is 2.